The lowest BCUT2D eigenvalue weighted by atomic mass is 10.0. The summed E-state index contributed by atoms with van der Waals surface area (Å²) in [6.07, 6.45) is 1.73. The lowest BCUT2D eigenvalue weighted by Crippen LogP contribution is -2.43. The Bertz CT molecular complexity index is 1220. The molecular weight excluding hydrogens is 376 g/mol. The molecule has 2 heterocycles. The molecule has 9 heteroatoms. The van der Waals surface area contributed by atoms with Gasteiger partial charge >= 0.3 is 5.92 Å². The number of aromatic nitrogens is 3. The molecule has 0 saturated carbocycles. The predicted molar refractivity (Wildman–Crippen MR) is 108 cm³/mol. The summed E-state index contributed by atoms with van der Waals surface area (Å²) < 4.78 is 31.1. The van der Waals surface area contributed by atoms with Crippen LogP contribution in [0.5, 0.6) is 0 Å². The normalized spacial score (nSPS) is 12.6. The summed E-state index contributed by atoms with van der Waals surface area (Å²) in [4.78, 5) is 4.47. The molecule has 0 aliphatic heterocycles. The molecule has 4 rings (SSSR count). The van der Waals surface area contributed by atoms with Crippen molar-refractivity contribution < 1.29 is 8.78 Å². The van der Waals surface area contributed by atoms with Crippen LogP contribution in [0.25, 0.3) is 21.7 Å². The van der Waals surface area contributed by atoms with Crippen LogP contribution in [0.1, 0.15) is 17.0 Å². The second-order valence-corrected chi connectivity index (χ2v) is 6.65. The van der Waals surface area contributed by atoms with E-state index in [1.54, 1.807) is 16.9 Å². The Kier molecular flexibility index (Phi) is 4.59. The zero-order chi connectivity index (χ0) is 20.6. The van der Waals surface area contributed by atoms with E-state index >= 15 is 0 Å². The van der Waals surface area contributed by atoms with Gasteiger partial charge in [0.05, 0.1) is 23.4 Å². The van der Waals surface area contributed by atoms with Crippen molar-refractivity contribution >= 4 is 27.5 Å². The van der Waals surface area contributed by atoms with E-state index in [9.17, 15) is 8.78 Å². The molecule has 0 fully saturated rings. The Morgan fingerprint density at radius 3 is 2.72 bits per heavy atom. The Morgan fingerprint density at radius 1 is 1.17 bits per heavy atom. The lowest BCUT2D eigenvalue weighted by molar-refractivity contribution is 0.0714. The smallest absolute Gasteiger partial charge is 0.321 e. The third-order valence-electron chi connectivity index (χ3n) is 4.92. The van der Waals surface area contributed by atoms with Gasteiger partial charge in [-0.3, -0.25) is 9.67 Å². The van der Waals surface area contributed by atoms with Gasteiger partial charge in [-0.2, -0.15) is 19.0 Å². The number of hydrazone groups is 1. The van der Waals surface area contributed by atoms with Crippen molar-refractivity contribution in [1.82, 2.24) is 20.2 Å². The number of nitrogens with two attached hydrogens (primary N) is 2. The van der Waals surface area contributed by atoms with Gasteiger partial charge in [-0.25, -0.2) is 5.84 Å². The first kappa shape index (κ1) is 18.8. The largest absolute Gasteiger partial charge is 0.332 e. The minimum Gasteiger partial charge on any atom is -0.321 e. The minimum absolute atomic E-state index is 0.292. The minimum atomic E-state index is -3.47. The maximum Gasteiger partial charge on any atom is 0.332 e. The van der Waals surface area contributed by atoms with Gasteiger partial charge in [0.1, 0.15) is 0 Å². The fourth-order valence-electron chi connectivity index (χ4n) is 3.45. The van der Waals surface area contributed by atoms with E-state index in [1.807, 2.05) is 42.7 Å². The summed E-state index contributed by atoms with van der Waals surface area (Å²) in [6, 6.07) is 14.1. The Balaban J connectivity index is 1.83. The van der Waals surface area contributed by atoms with Gasteiger partial charge in [0.15, 0.2) is 0 Å². The van der Waals surface area contributed by atoms with E-state index in [0.717, 1.165) is 27.5 Å². The third kappa shape index (κ3) is 3.15. The highest BCUT2D eigenvalue weighted by molar-refractivity contribution is 5.91. The lowest BCUT2D eigenvalue weighted by Gasteiger charge is -2.18. The molecule has 148 valence electrons. The quantitative estimate of drug-likeness (QED) is 0.213. The summed E-state index contributed by atoms with van der Waals surface area (Å²) in [6.45, 7) is 2.18. The molecule has 2 aromatic carbocycles. The van der Waals surface area contributed by atoms with Gasteiger partial charge in [-0.1, -0.05) is 36.4 Å². The van der Waals surface area contributed by atoms with Crippen LogP contribution in [0.2, 0.25) is 0 Å². The van der Waals surface area contributed by atoms with Crippen molar-refractivity contribution in [2.45, 2.75) is 19.4 Å². The van der Waals surface area contributed by atoms with E-state index in [-0.39, 0.29) is 5.56 Å². The molecule has 0 amide bonds. The number of pyridine rings is 1. The standard InChI is InChI=1S/C20H19F2N7/c1-12-15-7-6-14(20(21,22)19(26-23)27-24)10-18(15)29(28-12)11-17-16-5-3-2-4-13(16)8-9-25-17/h2-10H,11,23-24H2,1H3,(H,26,27). The summed E-state index contributed by atoms with van der Waals surface area (Å²) in [5, 5.41) is 10.4. The van der Waals surface area contributed by atoms with E-state index in [2.05, 4.69) is 15.2 Å². The molecule has 7 nitrogen and oxygen atoms in total. The summed E-state index contributed by atoms with van der Waals surface area (Å²) in [5.41, 5.74) is 3.67. The highest BCUT2D eigenvalue weighted by Gasteiger charge is 2.39. The first-order valence-corrected chi connectivity index (χ1v) is 8.88. The van der Waals surface area contributed by atoms with Crippen molar-refractivity contribution in [3.8, 4) is 0 Å². The number of hydrogen-bond acceptors (Lipinski definition) is 5. The van der Waals surface area contributed by atoms with Crippen LogP contribution >= 0.6 is 0 Å². The van der Waals surface area contributed by atoms with Crippen LogP contribution in [0.3, 0.4) is 0 Å². The van der Waals surface area contributed by atoms with Crippen molar-refractivity contribution in [2.24, 2.45) is 16.8 Å². The number of benzene rings is 2. The number of aryl methyl sites for hydroxylation is 1. The van der Waals surface area contributed by atoms with E-state index < -0.39 is 11.8 Å². The van der Waals surface area contributed by atoms with Crippen LogP contribution in [0.4, 0.5) is 8.78 Å². The average Bonchev–Trinajstić information content (AvgIpc) is 3.04. The molecule has 0 radical (unpaired) electrons. The average molecular weight is 395 g/mol. The number of nitrogens with one attached hydrogen (secondary N) is 1. The second-order valence-electron chi connectivity index (χ2n) is 6.65. The topological polar surface area (TPSA) is 107 Å². The predicted octanol–water partition coefficient (Wildman–Crippen LogP) is 2.77. The molecule has 0 spiro atoms. The summed E-state index contributed by atoms with van der Waals surface area (Å²) >= 11 is 0. The fraction of sp³-hybridized carbons (Fsp3) is 0.150. The molecule has 0 bridgehead atoms. The number of halogens is 2. The van der Waals surface area contributed by atoms with Gasteiger partial charge in [0, 0.05) is 22.5 Å². The second kappa shape index (κ2) is 7.10. The number of amidine groups is 1. The van der Waals surface area contributed by atoms with Crippen LogP contribution in [-0.2, 0) is 12.5 Å². The van der Waals surface area contributed by atoms with Crippen molar-refractivity contribution in [3.05, 3.63) is 71.7 Å². The molecule has 4 aromatic rings. The highest BCUT2D eigenvalue weighted by atomic mass is 19.3. The first-order chi connectivity index (χ1) is 14.0. The monoisotopic (exact) mass is 395 g/mol. The molecule has 2 aromatic heterocycles. The maximum absolute atomic E-state index is 14.7. The van der Waals surface area contributed by atoms with Crippen LogP contribution in [0, 0.1) is 6.92 Å². The van der Waals surface area contributed by atoms with Crippen molar-refractivity contribution in [1.29, 1.82) is 0 Å². The Morgan fingerprint density at radius 2 is 1.97 bits per heavy atom. The molecule has 29 heavy (non-hydrogen) atoms. The van der Waals surface area contributed by atoms with E-state index in [0.29, 0.717) is 12.1 Å². The van der Waals surface area contributed by atoms with Gasteiger partial charge in [0.25, 0.3) is 0 Å². The first-order valence-electron chi connectivity index (χ1n) is 8.88. The van der Waals surface area contributed by atoms with E-state index in [4.69, 9.17) is 11.7 Å². The number of hydrazine groups is 1. The van der Waals surface area contributed by atoms with Crippen LogP contribution in [-0.4, -0.2) is 20.6 Å². The zero-order valence-corrected chi connectivity index (χ0v) is 15.6. The Hall–Kier alpha value is -3.59. The highest BCUT2D eigenvalue weighted by Crippen LogP contribution is 2.32. The van der Waals surface area contributed by atoms with Crippen molar-refractivity contribution in [3.63, 3.8) is 0 Å². The van der Waals surface area contributed by atoms with Gasteiger partial charge in [-0.15, -0.1) is 0 Å². The maximum atomic E-state index is 14.7. The molecule has 0 aliphatic rings. The molecule has 0 saturated heterocycles. The zero-order valence-electron chi connectivity index (χ0n) is 15.6. The van der Waals surface area contributed by atoms with Gasteiger partial charge in [0.2, 0.25) is 5.84 Å². The van der Waals surface area contributed by atoms with E-state index in [1.165, 1.54) is 12.1 Å². The van der Waals surface area contributed by atoms with Gasteiger partial charge < -0.3 is 11.3 Å². The van der Waals surface area contributed by atoms with Crippen LogP contribution in [0.15, 0.2) is 59.8 Å². The number of nitrogens with zero attached hydrogens (tertiary/aromatic N) is 4. The molecule has 0 aliphatic carbocycles. The summed E-state index contributed by atoms with van der Waals surface area (Å²) in [7, 11) is 0. The molecule has 0 unspecified atom stereocenters. The van der Waals surface area contributed by atoms with Gasteiger partial charge in [-0.05, 0) is 24.4 Å². The number of fused-ring (bicyclic) bond motifs is 2. The van der Waals surface area contributed by atoms with Crippen LogP contribution < -0.4 is 17.1 Å². The Labute approximate surface area is 165 Å². The molecular formula is C20H19F2N7. The SMILES string of the molecule is Cc1nn(Cc2nccc3ccccc23)c2cc(C(F)(F)/C(=N/N)NN)ccc12. The number of hydrogen-bond donors (Lipinski definition) is 3. The number of rotatable bonds is 4. The molecule has 5 N–H and O–H groups in total. The van der Waals surface area contributed by atoms with Crippen molar-refractivity contribution in [2.75, 3.05) is 0 Å². The summed E-state index contributed by atoms with van der Waals surface area (Å²) in [5.74, 6) is 5.89. The third-order valence-corrected chi connectivity index (χ3v) is 4.92. The molecule has 0 atom stereocenters. The fourth-order valence-corrected chi connectivity index (χ4v) is 3.45. The number of alkyl halides is 2.